The molecule has 3 aliphatic rings. The normalized spacial score (nSPS) is 26.0. The summed E-state index contributed by atoms with van der Waals surface area (Å²) < 4.78 is 5.53. The predicted octanol–water partition coefficient (Wildman–Crippen LogP) is 1.84. The van der Waals surface area contributed by atoms with Gasteiger partial charge in [-0.2, -0.15) is 0 Å². The van der Waals surface area contributed by atoms with Gasteiger partial charge in [0.25, 0.3) is 5.91 Å². The highest BCUT2D eigenvalue weighted by Crippen LogP contribution is 2.29. The van der Waals surface area contributed by atoms with Crippen molar-refractivity contribution in [2.45, 2.75) is 44.8 Å². The molecule has 162 valence electrons. The number of amides is 3. The van der Waals surface area contributed by atoms with Gasteiger partial charge in [-0.1, -0.05) is 30.3 Å². The van der Waals surface area contributed by atoms with Gasteiger partial charge >= 0.3 is 0 Å². The third-order valence-electron chi connectivity index (χ3n) is 6.58. The van der Waals surface area contributed by atoms with Crippen LogP contribution in [0.4, 0.5) is 0 Å². The molecule has 3 amide bonds. The molecule has 7 nitrogen and oxygen atoms in total. The van der Waals surface area contributed by atoms with E-state index in [0.29, 0.717) is 39.3 Å². The summed E-state index contributed by atoms with van der Waals surface area (Å²) in [5.74, 6) is -0.169. The second kappa shape index (κ2) is 9.16. The largest absolute Gasteiger partial charge is 0.368 e. The number of likely N-dealkylation sites (tertiary alicyclic amines) is 1. The number of nitrogens with zero attached hydrogens (tertiary/aromatic N) is 3. The first-order valence-electron chi connectivity index (χ1n) is 11.1. The van der Waals surface area contributed by atoms with Gasteiger partial charge in [0, 0.05) is 45.8 Å². The Hall–Kier alpha value is -2.41. The summed E-state index contributed by atoms with van der Waals surface area (Å²) in [4.78, 5) is 43.9. The van der Waals surface area contributed by atoms with E-state index in [1.54, 1.807) is 0 Å². The van der Waals surface area contributed by atoms with Crippen LogP contribution in [0.5, 0.6) is 0 Å². The topological polar surface area (TPSA) is 70.2 Å². The quantitative estimate of drug-likeness (QED) is 0.755. The maximum absolute atomic E-state index is 13.2. The molecule has 1 aromatic rings. The molecule has 3 saturated heterocycles. The van der Waals surface area contributed by atoms with E-state index < -0.39 is 0 Å². The second-order valence-corrected chi connectivity index (χ2v) is 8.54. The van der Waals surface area contributed by atoms with Gasteiger partial charge in [-0.3, -0.25) is 14.4 Å². The molecule has 0 aliphatic carbocycles. The van der Waals surface area contributed by atoms with Crippen LogP contribution in [0, 0.1) is 5.92 Å². The summed E-state index contributed by atoms with van der Waals surface area (Å²) in [6.07, 6.45) is 2.44. The van der Waals surface area contributed by atoms with E-state index in [2.05, 4.69) is 0 Å². The van der Waals surface area contributed by atoms with E-state index in [1.165, 1.54) is 0 Å². The van der Waals surface area contributed by atoms with Gasteiger partial charge in [0.2, 0.25) is 11.8 Å². The molecular weight excluding hydrogens is 382 g/mol. The van der Waals surface area contributed by atoms with Crippen LogP contribution in [0.1, 0.15) is 44.2 Å². The Morgan fingerprint density at radius 2 is 1.70 bits per heavy atom. The van der Waals surface area contributed by atoms with E-state index in [9.17, 15) is 14.4 Å². The van der Waals surface area contributed by atoms with E-state index in [0.717, 1.165) is 24.8 Å². The zero-order valence-electron chi connectivity index (χ0n) is 17.7. The van der Waals surface area contributed by atoms with Crippen molar-refractivity contribution in [2.24, 2.45) is 5.92 Å². The van der Waals surface area contributed by atoms with Crippen LogP contribution in [0.25, 0.3) is 0 Å². The third-order valence-corrected chi connectivity index (χ3v) is 6.58. The first kappa shape index (κ1) is 20.8. The minimum Gasteiger partial charge on any atom is -0.368 e. The number of hydrogen-bond donors (Lipinski definition) is 0. The Kier molecular flexibility index (Phi) is 6.37. The van der Waals surface area contributed by atoms with Gasteiger partial charge in [-0.15, -0.1) is 0 Å². The molecule has 0 bridgehead atoms. The third kappa shape index (κ3) is 4.36. The average molecular weight is 414 g/mol. The smallest absolute Gasteiger partial charge is 0.251 e. The van der Waals surface area contributed by atoms with Crippen molar-refractivity contribution in [1.82, 2.24) is 14.7 Å². The van der Waals surface area contributed by atoms with Gasteiger partial charge in [-0.05, 0) is 31.7 Å². The molecule has 0 N–H and O–H groups in total. The molecule has 4 rings (SSSR count). The minimum absolute atomic E-state index is 0.0368. The van der Waals surface area contributed by atoms with Crippen molar-refractivity contribution in [3.05, 3.63) is 35.9 Å². The molecule has 3 atom stereocenters. The summed E-state index contributed by atoms with van der Waals surface area (Å²) in [5, 5.41) is 0. The van der Waals surface area contributed by atoms with Crippen LogP contribution in [-0.4, -0.2) is 77.9 Å². The highest BCUT2D eigenvalue weighted by atomic mass is 16.5. The highest BCUT2D eigenvalue weighted by molar-refractivity contribution is 5.89. The zero-order chi connectivity index (χ0) is 21.1. The first-order valence-corrected chi connectivity index (χ1v) is 11.1. The Morgan fingerprint density at radius 3 is 2.37 bits per heavy atom. The molecule has 3 heterocycles. The summed E-state index contributed by atoms with van der Waals surface area (Å²) in [5.41, 5.74) is 1.08. The van der Waals surface area contributed by atoms with Gasteiger partial charge in [0.1, 0.15) is 6.10 Å². The zero-order valence-corrected chi connectivity index (χ0v) is 17.7. The first-order chi connectivity index (χ1) is 14.5. The van der Waals surface area contributed by atoms with E-state index >= 15 is 0 Å². The Morgan fingerprint density at radius 1 is 1.00 bits per heavy atom. The summed E-state index contributed by atoms with van der Waals surface area (Å²) in [6, 6.07) is 9.88. The van der Waals surface area contributed by atoms with Gasteiger partial charge in [-0.25, -0.2) is 0 Å². The molecular formula is C23H31N3O4. The summed E-state index contributed by atoms with van der Waals surface area (Å²) in [6.45, 7) is 5.48. The predicted molar refractivity (Wildman–Crippen MR) is 111 cm³/mol. The highest BCUT2D eigenvalue weighted by Gasteiger charge is 2.39. The van der Waals surface area contributed by atoms with E-state index in [1.807, 2.05) is 52.0 Å². The van der Waals surface area contributed by atoms with Crippen LogP contribution in [0.2, 0.25) is 0 Å². The summed E-state index contributed by atoms with van der Waals surface area (Å²) >= 11 is 0. The van der Waals surface area contributed by atoms with Crippen molar-refractivity contribution in [1.29, 1.82) is 0 Å². The maximum atomic E-state index is 13.2. The van der Waals surface area contributed by atoms with Crippen LogP contribution >= 0.6 is 0 Å². The lowest BCUT2D eigenvalue weighted by Crippen LogP contribution is -2.43. The summed E-state index contributed by atoms with van der Waals surface area (Å²) in [7, 11) is 0. The van der Waals surface area contributed by atoms with Crippen molar-refractivity contribution in [3.63, 3.8) is 0 Å². The molecule has 0 radical (unpaired) electrons. The van der Waals surface area contributed by atoms with Gasteiger partial charge in [0.15, 0.2) is 0 Å². The number of rotatable bonds is 4. The Bertz CT molecular complexity index is 778. The SMILES string of the molecule is CC(c1ccccc1)N1CC(C(=O)N2CCCN(C(=O)C3CCCO3)CC2)CC1=O. The molecule has 30 heavy (non-hydrogen) atoms. The van der Waals surface area contributed by atoms with E-state index in [4.69, 9.17) is 4.74 Å². The van der Waals surface area contributed by atoms with Crippen LogP contribution in [0.15, 0.2) is 30.3 Å². The minimum atomic E-state index is -0.312. The molecule has 1 aromatic carbocycles. The van der Waals surface area contributed by atoms with Crippen LogP contribution < -0.4 is 0 Å². The molecule has 0 spiro atoms. The lowest BCUT2D eigenvalue weighted by atomic mass is 10.1. The van der Waals surface area contributed by atoms with Gasteiger partial charge in [0.05, 0.1) is 12.0 Å². The van der Waals surface area contributed by atoms with Gasteiger partial charge < -0.3 is 19.4 Å². The molecule has 7 heteroatoms. The van der Waals surface area contributed by atoms with Crippen molar-refractivity contribution in [2.75, 3.05) is 39.3 Å². The number of benzene rings is 1. The van der Waals surface area contributed by atoms with Crippen molar-refractivity contribution < 1.29 is 19.1 Å². The van der Waals surface area contributed by atoms with E-state index in [-0.39, 0.29) is 42.2 Å². The number of carbonyl (C=O) groups is 3. The Labute approximate surface area is 177 Å². The lowest BCUT2D eigenvalue weighted by molar-refractivity contribution is -0.141. The van der Waals surface area contributed by atoms with Crippen LogP contribution in [0.3, 0.4) is 0 Å². The van der Waals surface area contributed by atoms with Crippen molar-refractivity contribution in [3.8, 4) is 0 Å². The van der Waals surface area contributed by atoms with Crippen molar-refractivity contribution >= 4 is 17.7 Å². The number of hydrogen-bond acceptors (Lipinski definition) is 4. The average Bonchev–Trinajstić information content (AvgIpc) is 3.37. The molecule has 3 unspecified atom stereocenters. The van der Waals surface area contributed by atoms with Crippen LogP contribution in [-0.2, 0) is 19.1 Å². The second-order valence-electron chi connectivity index (χ2n) is 8.54. The molecule has 0 saturated carbocycles. The Balaban J connectivity index is 1.34. The monoisotopic (exact) mass is 413 g/mol. The fraction of sp³-hybridized carbons (Fsp3) is 0.609. The number of carbonyl (C=O) groups excluding carboxylic acids is 3. The molecule has 3 aliphatic heterocycles. The fourth-order valence-electron chi connectivity index (χ4n) is 4.78. The standard InChI is InChI=1S/C23H31N3O4/c1-17(18-7-3-2-4-8-18)26-16-19(15-21(26)27)22(28)24-10-6-11-25(13-12-24)23(29)20-9-5-14-30-20/h2-4,7-8,17,19-20H,5-6,9-16H2,1H3. The lowest BCUT2D eigenvalue weighted by Gasteiger charge is -2.27. The maximum Gasteiger partial charge on any atom is 0.251 e. The fourth-order valence-corrected chi connectivity index (χ4v) is 4.78. The molecule has 0 aromatic heterocycles. The molecule has 3 fully saturated rings. The number of ether oxygens (including phenoxy) is 1.